The first-order valence-corrected chi connectivity index (χ1v) is 7.99. The maximum absolute atomic E-state index is 11.2. The van der Waals surface area contributed by atoms with Crippen LogP contribution in [0.3, 0.4) is 0 Å². The zero-order chi connectivity index (χ0) is 15.7. The summed E-state index contributed by atoms with van der Waals surface area (Å²) < 4.78 is 0. The van der Waals surface area contributed by atoms with E-state index < -0.39 is 0 Å². The normalized spacial score (nSPS) is 19.6. The van der Waals surface area contributed by atoms with Crippen LogP contribution in [0.15, 0.2) is 4.99 Å². The lowest BCUT2D eigenvalue weighted by Crippen LogP contribution is -2.43. The second kappa shape index (κ2) is 11.9. The average Bonchev–Trinajstić information content (AvgIpc) is 2.46. The van der Waals surface area contributed by atoms with Gasteiger partial charge in [0.1, 0.15) is 0 Å². The fourth-order valence-electron chi connectivity index (χ4n) is 2.52. The summed E-state index contributed by atoms with van der Waals surface area (Å²) in [5.41, 5.74) is 5.40. The standard InChI is InChI=1S/C15H31N5O.HI/c1-12(2)10-19-15(17-3)18-7-5-9-20-8-4-6-13(11-20)14(16)21;/h12-13H,4-11H2,1-3H3,(H2,16,21)(H2,17,18,19);1H. The minimum Gasteiger partial charge on any atom is -0.369 e. The quantitative estimate of drug-likeness (QED) is 0.246. The van der Waals surface area contributed by atoms with Gasteiger partial charge in [-0.25, -0.2) is 0 Å². The van der Waals surface area contributed by atoms with Gasteiger partial charge in [-0.1, -0.05) is 13.8 Å². The molecule has 0 spiro atoms. The summed E-state index contributed by atoms with van der Waals surface area (Å²) in [5.74, 6) is 1.34. The molecule has 0 aromatic heterocycles. The summed E-state index contributed by atoms with van der Waals surface area (Å²) in [4.78, 5) is 17.8. The molecule has 0 aromatic carbocycles. The second-order valence-electron chi connectivity index (χ2n) is 6.17. The number of guanidine groups is 1. The van der Waals surface area contributed by atoms with E-state index in [0.29, 0.717) is 5.92 Å². The van der Waals surface area contributed by atoms with Crippen molar-refractivity contribution in [3.63, 3.8) is 0 Å². The van der Waals surface area contributed by atoms with Crippen LogP contribution in [0, 0.1) is 11.8 Å². The molecule has 22 heavy (non-hydrogen) atoms. The van der Waals surface area contributed by atoms with Crippen molar-refractivity contribution < 1.29 is 4.79 Å². The first kappa shape index (κ1) is 21.4. The molecular weight excluding hydrogens is 393 g/mol. The lowest BCUT2D eigenvalue weighted by molar-refractivity contribution is -0.123. The summed E-state index contributed by atoms with van der Waals surface area (Å²) in [5, 5.41) is 6.61. The van der Waals surface area contributed by atoms with Gasteiger partial charge in [0, 0.05) is 26.7 Å². The molecule has 1 saturated heterocycles. The zero-order valence-corrected chi connectivity index (χ0v) is 16.4. The van der Waals surface area contributed by atoms with E-state index in [4.69, 9.17) is 5.73 Å². The second-order valence-corrected chi connectivity index (χ2v) is 6.17. The van der Waals surface area contributed by atoms with Crippen LogP contribution in [0.4, 0.5) is 0 Å². The number of primary amides is 1. The Morgan fingerprint density at radius 1 is 1.41 bits per heavy atom. The molecule has 1 aliphatic rings. The number of amides is 1. The molecular formula is C15H32IN5O. The molecule has 1 unspecified atom stereocenters. The lowest BCUT2D eigenvalue weighted by Gasteiger charge is -2.31. The third-order valence-electron chi connectivity index (χ3n) is 3.75. The van der Waals surface area contributed by atoms with E-state index in [-0.39, 0.29) is 35.8 Å². The average molecular weight is 425 g/mol. The Kier molecular flexibility index (Phi) is 11.6. The highest BCUT2D eigenvalue weighted by atomic mass is 127. The van der Waals surface area contributed by atoms with Crippen molar-refractivity contribution in [3.8, 4) is 0 Å². The van der Waals surface area contributed by atoms with Gasteiger partial charge in [-0.2, -0.15) is 0 Å². The van der Waals surface area contributed by atoms with Crippen LogP contribution in [0.1, 0.15) is 33.1 Å². The van der Waals surface area contributed by atoms with E-state index >= 15 is 0 Å². The number of aliphatic imine (C=N–C) groups is 1. The van der Waals surface area contributed by atoms with E-state index in [1.54, 1.807) is 7.05 Å². The van der Waals surface area contributed by atoms with Crippen LogP contribution in [0.5, 0.6) is 0 Å². The number of hydrogen-bond donors (Lipinski definition) is 3. The third-order valence-corrected chi connectivity index (χ3v) is 3.75. The zero-order valence-electron chi connectivity index (χ0n) is 14.1. The molecule has 1 aliphatic heterocycles. The van der Waals surface area contributed by atoms with Crippen molar-refractivity contribution in [2.45, 2.75) is 33.1 Å². The highest BCUT2D eigenvalue weighted by Gasteiger charge is 2.23. The van der Waals surface area contributed by atoms with Gasteiger partial charge < -0.3 is 21.3 Å². The monoisotopic (exact) mass is 425 g/mol. The molecule has 130 valence electrons. The molecule has 1 atom stereocenters. The predicted molar refractivity (Wildman–Crippen MR) is 103 cm³/mol. The number of rotatable bonds is 7. The number of carbonyl (C=O) groups is 1. The van der Waals surface area contributed by atoms with E-state index in [1.807, 2.05) is 0 Å². The number of nitrogens with one attached hydrogen (secondary N) is 2. The molecule has 0 aromatic rings. The predicted octanol–water partition coefficient (Wildman–Crippen LogP) is 1.01. The van der Waals surface area contributed by atoms with Gasteiger partial charge in [0.05, 0.1) is 5.92 Å². The Morgan fingerprint density at radius 3 is 2.73 bits per heavy atom. The summed E-state index contributed by atoms with van der Waals surface area (Å²) in [6, 6.07) is 0. The Labute approximate surface area is 151 Å². The van der Waals surface area contributed by atoms with Gasteiger partial charge in [0.25, 0.3) is 0 Å². The number of nitrogens with zero attached hydrogens (tertiary/aromatic N) is 2. The number of hydrogen-bond acceptors (Lipinski definition) is 3. The molecule has 0 radical (unpaired) electrons. The number of piperidine rings is 1. The van der Waals surface area contributed by atoms with Crippen molar-refractivity contribution in [2.24, 2.45) is 22.6 Å². The maximum atomic E-state index is 11.2. The first-order chi connectivity index (χ1) is 10.0. The molecule has 4 N–H and O–H groups in total. The molecule has 1 rings (SSSR count). The fourth-order valence-corrected chi connectivity index (χ4v) is 2.52. The Balaban J connectivity index is 0.00000441. The van der Waals surface area contributed by atoms with Crippen molar-refractivity contribution in [3.05, 3.63) is 0 Å². The van der Waals surface area contributed by atoms with Crippen LogP contribution < -0.4 is 16.4 Å². The van der Waals surface area contributed by atoms with Gasteiger partial charge in [-0.3, -0.25) is 9.79 Å². The van der Waals surface area contributed by atoms with Gasteiger partial charge >= 0.3 is 0 Å². The van der Waals surface area contributed by atoms with E-state index in [0.717, 1.165) is 57.9 Å². The highest BCUT2D eigenvalue weighted by Crippen LogP contribution is 2.15. The minimum atomic E-state index is -0.156. The van der Waals surface area contributed by atoms with Gasteiger partial charge in [-0.05, 0) is 38.3 Å². The number of likely N-dealkylation sites (tertiary alicyclic amines) is 1. The van der Waals surface area contributed by atoms with Crippen LogP contribution in [0.25, 0.3) is 0 Å². The lowest BCUT2D eigenvalue weighted by atomic mass is 9.97. The van der Waals surface area contributed by atoms with E-state index in [9.17, 15) is 4.79 Å². The number of halogens is 1. The molecule has 1 heterocycles. The van der Waals surface area contributed by atoms with Crippen LogP contribution in [0.2, 0.25) is 0 Å². The van der Waals surface area contributed by atoms with E-state index in [1.165, 1.54) is 0 Å². The molecule has 7 heteroatoms. The maximum Gasteiger partial charge on any atom is 0.221 e. The fraction of sp³-hybridized carbons (Fsp3) is 0.867. The van der Waals surface area contributed by atoms with Crippen molar-refractivity contribution in [2.75, 3.05) is 39.8 Å². The molecule has 0 bridgehead atoms. The summed E-state index contributed by atoms with van der Waals surface area (Å²) >= 11 is 0. The summed E-state index contributed by atoms with van der Waals surface area (Å²) in [6.07, 6.45) is 3.04. The minimum absolute atomic E-state index is 0. The van der Waals surface area contributed by atoms with Crippen molar-refractivity contribution >= 4 is 35.8 Å². The van der Waals surface area contributed by atoms with Crippen LogP contribution in [-0.4, -0.2) is 56.5 Å². The topological polar surface area (TPSA) is 82.8 Å². The summed E-state index contributed by atoms with van der Waals surface area (Å²) in [7, 11) is 1.79. The van der Waals surface area contributed by atoms with E-state index in [2.05, 4.69) is 34.4 Å². The third kappa shape index (κ3) is 8.77. The van der Waals surface area contributed by atoms with Crippen LogP contribution in [-0.2, 0) is 4.79 Å². The molecule has 1 fully saturated rings. The largest absolute Gasteiger partial charge is 0.369 e. The Morgan fingerprint density at radius 2 is 2.14 bits per heavy atom. The number of nitrogens with two attached hydrogens (primary N) is 1. The molecule has 6 nitrogen and oxygen atoms in total. The van der Waals surface area contributed by atoms with Crippen molar-refractivity contribution in [1.29, 1.82) is 0 Å². The first-order valence-electron chi connectivity index (χ1n) is 7.99. The summed E-state index contributed by atoms with van der Waals surface area (Å²) in [6.45, 7) is 9.04. The Hall–Kier alpha value is -0.570. The highest BCUT2D eigenvalue weighted by molar-refractivity contribution is 14.0. The Bertz CT molecular complexity index is 349. The van der Waals surface area contributed by atoms with Crippen molar-refractivity contribution in [1.82, 2.24) is 15.5 Å². The molecule has 0 aliphatic carbocycles. The number of carbonyl (C=O) groups excluding carboxylic acids is 1. The van der Waals surface area contributed by atoms with Gasteiger partial charge in [0.2, 0.25) is 5.91 Å². The smallest absolute Gasteiger partial charge is 0.221 e. The molecule has 0 saturated carbocycles. The SMILES string of the molecule is CN=C(NCCCN1CCCC(C(N)=O)C1)NCC(C)C.I. The molecule has 1 amide bonds. The van der Waals surface area contributed by atoms with Gasteiger partial charge in [0.15, 0.2) is 5.96 Å². The van der Waals surface area contributed by atoms with Crippen LogP contribution >= 0.6 is 24.0 Å². The van der Waals surface area contributed by atoms with Gasteiger partial charge in [-0.15, -0.1) is 24.0 Å².